The molecule has 0 atom stereocenters. The van der Waals surface area contributed by atoms with Crippen molar-refractivity contribution in [1.82, 2.24) is 4.98 Å². The lowest BCUT2D eigenvalue weighted by Gasteiger charge is -1.81. The number of hydrogen-bond donors (Lipinski definition) is 2. The first-order chi connectivity index (χ1) is 3.70. The zero-order valence-electron chi connectivity index (χ0n) is 5.02. The maximum atomic E-state index is 8.91. The van der Waals surface area contributed by atoms with Crippen molar-refractivity contribution in [2.24, 2.45) is 0 Å². The van der Waals surface area contributed by atoms with E-state index in [2.05, 4.69) is 4.98 Å². The molecule has 1 heterocycles. The van der Waals surface area contributed by atoms with E-state index in [1.165, 1.54) is 0 Å². The van der Waals surface area contributed by atoms with Crippen LogP contribution >= 0.6 is 0 Å². The Labute approximate surface area is 48.2 Å². The minimum absolute atomic E-state index is 0.350. The summed E-state index contributed by atoms with van der Waals surface area (Å²) in [7, 11) is 0. The predicted octanol–water partition coefficient (Wildman–Crippen LogP) is 1.34. The summed E-state index contributed by atoms with van der Waals surface area (Å²) in [5.41, 5.74) is 1.84. The Morgan fingerprint density at radius 1 is 1.50 bits per heavy atom. The van der Waals surface area contributed by atoms with Gasteiger partial charge in [-0.15, -0.1) is 0 Å². The van der Waals surface area contributed by atoms with E-state index >= 15 is 0 Å². The van der Waals surface area contributed by atoms with E-state index in [9.17, 15) is 0 Å². The molecule has 2 heteroatoms. The molecular weight excluding hydrogens is 102 g/mol. The minimum atomic E-state index is 0.350. The van der Waals surface area contributed by atoms with Gasteiger partial charge < -0.3 is 10.1 Å². The van der Waals surface area contributed by atoms with Gasteiger partial charge in [-0.2, -0.15) is 0 Å². The summed E-state index contributed by atoms with van der Waals surface area (Å²) in [5.74, 6) is 0.350. The summed E-state index contributed by atoms with van der Waals surface area (Å²) in [6.07, 6.45) is 0. The number of H-pyrrole nitrogens is 1. The highest BCUT2D eigenvalue weighted by Gasteiger charge is 1.95. The zero-order valence-corrected chi connectivity index (χ0v) is 5.02. The lowest BCUT2D eigenvalue weighted by atomic mass is 10.4. The third kappa shape index (κ3) is 0.689. The van der Waals surface area contributed by atoms with Crippen LogP contribution in [0.1, 0.15) is 11.4 Å². The number of aryl methyl sites for hydroxylation is 2. The van der Waals surface area contributed by atoms with E-state index in [1.54, 1.807) is 6.07 Å². The Morgan fingerprint density at radius 2 is 2.12 bits per heavy atom. The number of hydrogen-bond acceptors (Lipinski definition) is 1. The van der Waals surface area contributed by atoms with Crippen molar-refractivity contribution in [2.75, 3.05) is 0 Å². The van der Waals surface area contributed by atoms with Crippen LogP contribution in [0.3, 0.4) is 0 Å². The van der Waals surface area contributed by atoms with E-state index in [1.807, 2.05) is 13.8 Å². The van der Waals surface area contributed by atoms with E-state index in [0.29, 0.717) is 5.75 Å². The monoisotopic (exact) mass is 111 g/mol. The Balaban J connectivity index is 3.14. The summed E-state index contributed by atoms with van der Waals surface area (Å²) in [6.45, 7) is 3.75. The summed E-state index contributed by atoms with van der Waals surface area (Å²) in [4.78, 5) is 2.96. The lowest BCUT2D eigenvalue weighted by Crippen LogP contribution is -1.68. The maximum Gasteiger partial charge on any atom is 0.136 e. The first-order valence-electron chi connectivity index (χ1n) is 2.55. The molecule has 1 aromatic rings. The Hall–Kier alpha value is -0.920. The SMILES string of the molecule is Cc1cc(O)c(C)[nH]1. The van der Waals surface area contributed by atoms with Gasteiger partial charge >= 0.3 is 0 Å². The molecule has 2 nitrogen and oxygen atoms in total. The van der Waals surface area contributed by atoms with Crippen LogP contribution in [0.25, 0.3) is 0 Å². The van der Waals surface area contributed by atoms with Crippen LogP contribution in [0.5, 0.6) is 5.75 Å². The van der Waals surface area contributed by atoms with Gasteiger partial charge in [0.25, 0.3) is 0 Å². The van der Waals surface area contributed by atoms with Gasteiger partial charge in [0.2, 0.25) is 0 Å². The van der Waals surface area contributed by atoms with Crippen molar-refractivity contribution in [2.45, 2.75) is 13.8 Å². The molecular formula is C6H9NO. The van der Waals surface area contributed by atoms with E-state index < -0.39 is 0 Å². The highest BCUT2D eigenvalue weighted by atomic mass is 16.3. The van der Waals surface area contributed by atoms with Crippen LogP contribution in [-0.2, 0) is 0 Å². The van der Waals surface area contributed by atoms with Gasteiger partial charge in [-0.25, -0.2) is 0 Å². The minimum Gasteiger partial charge on any atom is -0.506 e. The molecule has 0 aliphatic rings. The van der Waals surface area contributed by atoms with Crippen molar-refractivity contribution < 1.29 is 5.11 Å². The molecule has 1 rings (SSSR count). The lowest BCUT2D eigenvalue weighted by molar-refractivity contribution is 0.471. The summed E-state index contributed by atoms with van der Waals surface area (Å²) < 4.78 is 0. The third-order valence-electron chi connectivity index (χ3n) is 1.12. The summed E-state index contributed by atoms with van der Waals surface area (Å²) in [5, 5.41) is 8.91. The molecule has 0 aliphatic heterocycles. The van der Waals surface area contributed by atoms with Crippen molar-refractivity contribution in [1.29, 1.82) is 0 Å². The van der Waals surface area contributed by atoms with Crippen LogP contribution in [0.15, 0.2) is 6.07 Å². The second-order valence-electron chi connectivity index (χ2n) is 1.96. The molecule has 8 heavy (non-hydrogen) atoms. The average Bonchev–Trinajstić information content (AvgIpc) is 1.85. The molecule has 44 valence electrons. The van der Waals surface area contributed by atoms with Gasteiger partial charge in [-0.05, 0) is 13.8 Å². The van der Waals surface area contributed by atoms with Gasteiger partial charge in [0.05, 0.1) is 5.69 Å². The van der Waals surface area contributed by atoms with Crippen LogP contribution in [0, 0.1) is 13.8 Å². The summed E-state index contributed by atoms with van der Waals surface area (Å²) in [6, 6.07) is 1.70. The van der Waals surface area contributed by atoms with Crippen LogP contribution in [0.2, 0.25) is 0 Å². The zero-order chi connectivity index (χ0) is 6.15. The van der Waals surface area contributed by atoms with Gasteiger partial charge in [0, 0.05) is 11.8 Å². The van der Waals surface area contributed by atoms with Crippen molar-refractivity contribution in [3.05, 3.63) is 17.5 Å². The Morgan fingerprint density at radius 3 is 2.25 bits per heavy atom. The molecule has 0 radical (unpaired) electrons. The fraction of sp³-hybridized carbons (Fsp3) is 0.333. The van der Waals surface area contributed by atoms with Crippen molar-refractivity contribution in [3.8, 4) is 5.75 Å². The van der Waals surface area contributed by atoms with Crippen molar-refractivity contribution in [3.63, 3.8) is 0 Å². The molecule has 0 aliphatic carbocycles. The van der Waals surface area contributed by atoms with Crippen LogP contribution in [-0.4, -0.2) is 10.1 Å². The van der Waals surface area contributed by atoms with Gasteiger partial charge in [0.15, 0.2) is 0 Å². The van der Waals surface area contributed by atoms with Crippen molar-refractivity contribution >= 4 is 0 Å². The van der Waals surface area contributed by atoms with Crippen LogP contribution in [0.4, 0.5) is 0 Å². The van der Waals surface area contributed by atoms with Gasteiger partial charge in [0.1, 0.15) is 5.75 Å². The molecule has 0 spiro atoms. The largest absolute Gasteiger partial charge is 0.506 e. The Bertz CT molecular complexity index is 171. The number of rotatable bonds is 0. The smallest absolute Gasteiger partial charge is 0.136 e. The molecule has 0 saturated heterocycles. The standard InChI is InChI=1S/C6H9NO/c1-4-3-6(8)5(2)7-4/h3,7-8H,1-2H3. The number of aromatic hydroxyl groups is 1. The number of aromatic nitrogens is 1. The predicted molar refractivity (Wildman–Crippen MR) is 31.9 cm³/mol. The first-order valence-corrected chi connectivity index (χ1v) is 2.55. The molecule has 0 bridgehead atoms. The highest BCUT2D eigenvalue weighted by Crippen LogP contribution is 2.14. The van der Waals surface area contributed by atoms with Crippen LogP contribution < -0.4 is 0 Å². The summed E-state index contributed by atoms with van der Waals surface area (Å²) >= 11 is 0. The quantitative estimate of drug-likeness (QED) is 0.520. The second-order valence-corrected chi connectivity index (χ2v) is 1.96. The molecule has 0 aromatic carbocycles. The molecule has 0 unspecified atom stereocenters. The van der Waals surface area contributed by atoms with E-state index in [0.717, 1.165) is 11.4 Å². The topological polar surface area (TPSA) is 36.0 Å². The van der Waals surface area contributed by atoms with E-state index in [4.69, 9.17) is 5.11 Å². The first kappa shape index (κ1) is 5.22. The number of nitrogens with one attached hydrogen (secondary N) is 1. The molecule has 0 saturated carbocycles. The number of aromatic amines is 1. The molecule has 0 fully saturated rings. The third-order valence-corrected chi connectivity index (χ3v) is 1.12. The van der Waals surface area contributed by atoms with Gasteiger partial charge in [-0.3, -0.25) is 0 Å². The molecule has 0 amide bonds. The molecule has 1 aromatic heterocycles. The second kappa shape index (κ2) is 1.54. The Kier molecular flexibility index (Phi) is 1.01. The fourth-order valence-electron chi connectivity index (χ4n) is 0.709. The average molecular weight is 111 g/mol. The molecule has 2 N–H and O–H groups in total. The fourth-order valence-corrected chi connectivity index (χ4v) is 0.709. The normalized spacial score (nSPS) is 9.75. The highest BCUT2D eigenvalue weighted by molar-refractivity contribution is 5.28. The maximum absolute atomic E-state index is 8.91. The van der Waals surface area contributed by atoms with Gasteiger partial charge in [-0.1, -0.05) is 0 Å². The van der Waals surface area contributed by atoms with E-state index in [-0.39, 0.29) is 0 Å².